The quantitative estimate of drug-likeness (QED) is 0.875. The second-order valence-corrected chi connectivity index (χ2v) is 4.16. The molecule has 0 saturated carbocycles. The molecular weight excluding hydrogens is 214 g/mol. The normalized spacial score (nSPS) is 10.6. The average Bonchev–Trinajstić information content (AvgIpc) is 2.35. The molecule has 2 aromatic rings. The number of hydrogen-bond donors (Lipinski definition) is 1. The molecule has 0 bridgehead atoms. The van der Waals surface area contributed by atoms with E-state index < -0.39 is 5.97 Å². The molecule has 88 valence electrons. The summed E-state index contributed by atoms with van der Waals surface area (Å²) in [6.07, 6.45) is 5.18. The maximum atomic E-state index is 10.8. The van der Waals surface area contributed by atoms with E-state index in [0.717, 1.165) is 30.2 Å². The van der Waals surface area contributed by atoms with Crippen LogP contribution < -0.4 is 0 Å². The Balaban J connectivity index is 2.36. The summed E-state index contributed by atoms with van der Waals surface area (Å²) in [6, 6.07) is 7.14. The lowest BCUT2D eigenvalue weighted by molar-refractivity contribution is 0.0697. The highest BCUT2D eigenvalue weighted by molar-refractivity contribution is 5.93. The molecule has 1 heterocycles. The lowest BCUT2D eigenvalue weighted by Gasteiger charge is -2.03. The van der Waals surface area contributed by atoms with Crippen LogP contribution in [0.4, 0.5) is 0 Å². The first-order chi connectivity index (χ1) is 8.20. The van der Waals surface area contributed by atoms with Crippen LogP contribution in [0, 0.1) is 0 Å². The van der Waals surface area contributed by atoms with Crippen molar-refractivity contribution in [3.05, 3.63) is 41.6 Å². The number of aryl methyl sites for hydroxylation is 1. The number of benzene rings is 1. The number of aromatic nitrogens is 1. The maximum Gasteiger partial charge on any atom is 0.335 e. The Hall–Kier alpha value is -1.90. The Kier molecular flexibility index (Phi) is 3.38. The molecule has 0 aliphatic carbocycles. The fourth-order valence-corrected chi connectivity index (χ4v) is 1.82. The molecule has 0 saturated heterocycles. The molecule has 1 aromatic carbocycles. The van der Waals surface area contributed by atoms with E-state index in [2.05, 4.69) is 18.0 Å². The molecule has 2 rings (SSSR count). The number of unbranched alkanes of at least 4 members (excludes halogenated alkanes) is 1. The number of aromatic carboxylic acids is 1. The van der Waals surface area contributed by atoms with Gasteiger partial charge in [-0.25, -0.2) is 4.79 Å². The molecular formula is C14H15NO2. The zero-order chi connectivity index (χ0) is 12.3. The van der Waals surface area contributed by atoms with Crippen molar-refractivity contribution in [2.45, 2.75) is 26.2 Å². The van der Waals surface area contributed by atoms with Crippen molar-refractivity contribution in [1.82, 2.24) is 4.98 Å². The molecule has 3 nitrogen and oxygen atoms in total. The fraction of sp³-hybridized carbons (Fsp3) is 0.286. The molecule has 0 unspecified atom stereocenters. The van der Waals surface area contributed by atoms with Crippen molar-refractivity contribution < 1.29 is 9.90 Å². The van der Waals surface area contributed by atoms with E-state index in [1.807, 2.05) is 12.3 Å². The molecule has 0 aliphatic heterocycles. The molecule has 1 N–H and O–H groups in total. The van der Waals surface area contributed by atoms with Crippen LogP contribution in [0.15, 0.2) is 30.5 Å². The number of pyridine rings is 1. The van der Waals surface area contributed by atoms with Crippen molar-refractivity contribution in [3.8, 4) is 0 Å². The van der Waals surface area contributed by atoms with E-state index in [1.165, 1.54) is 5.56 Å². The van der Waals surface area contributed by atoms with Gasteiger partial charge in [0.25, 0.3) is 0 Å². The van der Waals surface area contributed by atoms with E-state index in [1.54, 1.807) is 12.1 Å². The molecule has 1 aromatic heterocycles. The fourth-order valence-electron chi connectivity index (χ4n) is 1.82. The highest BCUT2D eigenvalue weighted by Crippen LogP contribution is 2.16. The van der Waals surface area contributed by atoms with Crippen LogP contribution in [0.25, 0.3) is 10.9 Å². The van der Waals surface area contributed by atoms with E-state index in [-0.39, 0.29) is 5.56 Å². The third-order valence-corrected chi connectivity index (χ3v) is 2.81. The Morgan fingerprint density at radius 2 is 2.18 bits per heavy atom. The molecule has 3 heteroatoms. The third-order valence-electron chi connectivity index (χ3n) is 2.81. The maximum absolute atomic E-state index is 10.8. The first-order valence-electron chi connectivity index (χ1n) is 5.82. The summed E-state index contributed by atoms with van der Waals surface area (Å²) in [5.41, 5.74) is 2.24. The van der Waals surface area contributed by atoms with Gasteiger partial charge in [0, 0.05) is 11.6 Å². The van der Waals surface area contributed by atoms with Gasteiger partial charge < -0.3 is 5.11 Å². The average molecular weight is 229 g/mol. The molecule has 0 spiro atoms. The predicted molar refractivity (Wildman–Crippen MR) is 67.3 cm³/mol. The topological polar surface area (TPSA) is 50.2 Å². The van der Waals surface area contributed by atoms with Gasteiger partial charge in [0.1, 0.15) is 0 Å². The first-order valence-corrected chi connectivity index (χ1v) is 5.82. The molecule has 0 aliphatic rings. The van der Waals surface area contributed by atoms with Crippen molar-refractivity contribution in [1.29, 1.82) is 0 Å². The monoisotopic (exact) mass is 229 g/mol. The summed E-state index contributed by atoms with van der Waals surface area (Å²) in [5, 5.41) is 9.89. The zero-order valence-corrected chi connectivity index (χ0v) is 9.81. The number of hydrogen-bond acceptors (Lipinski definition) is 2. The van der Waals surface area contributed by atoms with Crippen molar-refractivity contribution >= 4 is 16.9 Å². The van der Waals surface area contributed by atoms with E-state index >= 15 is 0 Å². The number of nitrogens with zero attached hydrogens (tertiary/aromatic N) is 1. The molecule has 17 heavy (non-hydrogen) atoms. The Labute approximate surface area is 100 Å². The van der Waals surface area contributed by atoms with Crippen LogP contribution in [0.5, 0.6) is 0 Å². The van der Waals surface area contributed by atoms with Crippen LogP contribution in [-0.4, -0.2) is 16.1 Å². The second kappa shape index (κ2) is 4.95. The number of carbonyl (C=O) groups is 1. The van der Waals surface area contributed by atoms with Gasteiger partial charge in [-0.05, 0) is 36.6 Å². The Morgan fingerprint density at radius 1 is 1.35 bits per heavy atom. The van der Waals surface area contributed by atoms with Gasteiger partial charge in [0.2, 0.25) is 0 Å². The van der Waals surface area contributed by atoms with Crippen LogP contribution in [0.2, 0.25) is 0 Å². The first kappa shape index (κ1) is 11.6. The molecule has 0 atom stereocenters. The predicted octanol–water partition coefficient (Wildman–Crippen LogP) is 3.28. The van der Waals surface area contributed by atoms with Crippen LogP contribution in [0.3, 0.4) is 0 Å². The van der Waals surface area contributed by atoms with Gasteiger partial charge >= 0.3 is 5.97 Å². The van der Waals surface area contributed by atoms with Crippen molar-refractivity contribution in [2.24, 2.45) is 0 Å². The third kappa shape index (κ3) is 2.61. The Morgan fingerprint density at radius 3 is 2.88 bits per heavy atom. The smallest absolute Gasteiger partial charge is 0.335 e. The van der Waals surface area contributed by atoms with E-state index in [4.69, 9.17) is 5.11 Å². The van der Waals surface area contributed by atoms with Crippen molar-refractivity contribution in [3.63, 3.8) is 0 Å². The highest BCUT2D eigenvalue weighted by Gasteiger charge is 2.04. The standard InChI is InChI=1S/C14H15NO2/c1-2-3-4-10-7-11-5-6-12(14(16)17)8-13(11)15-9-10/h5-9H,2-4H2,1H3,(H,16,17). The summed E-state index contributed by atoms with van der Waals surface area (Å²) in [7, 11) is 0. The number of carboxylic acids is 1. The SMILES string of the molecule is CCCCc1cnc2cc(C(=O)O)ccc2c1. The Bertz CT molecular complexity index is 549. The van der Waals surface area contributed by atoms with Gasteiger partial charge in [-0.1, -0.05) is 19.4 Å². The highest BCUT2D eigenvalue weighted by atomic mass is 16.4. The van der Waals surface area contributed by atoms with Crippen LogP contribution in [0.1, 0.15) is 35.7 Å². The number of fused-ring (bicyclic) bond motifs is 1. The van der Waals surface area contributed by atoms with Crippen LogP contribution in [-0.2, 0) is 6.42 Å². The second-order valence-electron chi connectivity index (χ2n) is 4.16. The summed E-state index contributed by atoms with van der Waals surface area (Å²) in [5.74, 6) is -0.913. The van der Waals surface area contributed by atoms with Gasteiger partial charge in [0.15, 0.2) is 0 Å². The summed E-state index contributed by atoms with van der Waals surface area (Å²) in [6.45, 7) is 2.16. The van der Waals surface area contributed by atoms with E-state index in [9.17, 15) is 4.79 Å². The lowest BCUT2D eigenvalue weighted by Crippen LogP contribution is -1.96. The van der Waals surface area contributed by atoms with Crippen molar-refractivity contribution in [2.75, 3.05) is 0 Å². The minimum absolute atomic E-state index is 0.284. The summed E-state index contributed by atoms with van der Waals surface area (Å²) >= 11 is 0. The minimum atomic E-state index is -0.913. The lowest BCUT2D eigenvalue weighted by atomic mass is 10.1. The number of carboxylic acid groups (broad SMARTS) is 1. The minimum Gasteiger partial charge on any atom is -0.478 e. The summed E-state index contributed by atoms with van der Waals surface area (Å²) < 4.78 is 0. The van der Waals surface area contributed by atoms with Gasteiger partial charge in [0.05, 0.1) is 11.1 Å². The molecule has 0 radical (unpaired) electrons. The summed E-state index contributed by atoms with van der Waals surface area (Å²) in [4.78, 5) is 15.1. The molecule has 0 amide bonds. The van der Waals surface area contributed by atoms with Gasteiger partial charge in [-0.2, -0.15) is 0 Å². The van der Waals surface area contributed by atoms with E-state index in [0.29, 0.717) is 0 Å². The largest absolute Gasteiger partial charge is 0.478 e. The van der Waals surface area contributed by atoms with Gasteiger partial charge in [-0.15, -0.1) is 0 Å². The van der Waals surface area contributed by atoms with Gasteiger partial charge in [-0.3, -0.25) is 4.98 Å². The molecule has 0 fully saturated rings. The zero-order valence-electron chi connectivity index (χ0n) is 9.81. The van der Waals surface area contributed by atoms with Crippen LogP contribution >= 0.6 is 0 Å². The number of rotatable bonds is 4.